The minimum absolute atomic E-state index is 0.00234. The van der Waals surface area contributed by atoms with Gasteiger partial charge in [-0.25, -0.2) is 9.59 Å². The smallest absolute Gasteiger partial charge is 0.419 e. The number of anilines is 1. The summed E-state index contributed by atoms with van der Waals surface area (Å²) >= 11 is 0. The Hall–Kier alpha value is -5.73. The van der Waals surface area contributed by atoms with Crippen LogP contribution in [0, 0.1) is 0 Å². The highest BCUT2D eigenvalue weighted by molar-refractivity contribution is 6.74. The van der Waals surface area contributed by atoms with E-state index >= 15 is 0 Å². The zero-order valence-electron chi connectivity index (χ0n) is 39.0. The Morgan fingerprint density at radius 3 is 2.38 bits per heavy atom. The number of carboxylic acid groups (broad SMARTS) is 1. The fraction of sp³-hybridized carbons (Fsp3) is 0.404. The lowest BCUT2D eigenvalue weighted by Gasteiger charge is -2.39. The van der Waals surface area contributed by atoms with Gasteiger partial charge in [0.25, 0.3) is 0 Å². The molecule has 2 aromatic heterocycles. The number of nitrogens with zero attached hydrogens (tertiary/aromatic N) is 2. The van der Waals surface area contributed by atoms with Crippen LogP contribution in [-0.4, -0.2) is 58.3 Å². The maximum atomic E-state index is 13.2. The predicted octanol–water partition coefficient (Wildman–Crippen LogP) is 10.9. The highest BCUT2D eigenvalue weighted by atomic mass is 28.4. The van der Waals surface area contributed by atoms with Crippen molar-refractivity contribution in [3.05, 3.63) is 135 Å². The minimum atomic E-state index is -2.26. The molecular formula is C52H65N5O7Si. The monoisotopic (exact) mass is 899 g/mol. The number of phenols is 1. The van der Waals surface area contributed by atoms with Crippen molar-refractivity contribution in [2.75, 3.05) is 11.4 Å². The second kappa shape index (κ2) is 19.4. The number of pyridine rings is 1. The number of hydrogen-bond donors (Lipinski definition) is 5. The Morgan fingerprint density at radius 1 is 0.954 bits per heavy atom. The van der Waals surface area contributed by atoms with Crippen LogP contribution in [-0.2, 0) is 17.5 Å². The number of amides is 1. The summed E-state index contributed by atoms with van der Waals surface area (Å²) in [6.07, 6.45) is 6.59. The number of aryl methyl sites for hydroxylation is 1. The zero-order valence-corrected chi connectivity index (χ0v) is 40.0. The van der Waals surface area contributed by atoms with Gasteiger partial charge in [-0.1, -0.05) is 87.5 Å². The standard InChI is InChI=1S/C52H65N5O7Si/c1-51(2,3)55-37-19-21-38(22-20-37)57(49(60)61)43-30-34(17-23-39(43)36-15-10-9-11-16-36)14-12-13-29-56-42-26-18-35(31-45(42)63-50(56)62)32-53-33-46(64-65(7,8)52(4,5)6)40-24-27-44(58)48-41(40)25-28-47(59)54-48/h9-12,14-18,23-28,30-31,37-38,46,53,55,58H,13,19-22,29,32-33H2,1-8H3,(H,54,59)(H,60,61)/t37?,38?,46-/m0/s1. The maximum Gasteiger partial charge on any atom is 0.419 e. The first-order valence-corrected chi connectivity index (χ1v) is 25.7. The van der Waals surface area contributed by atoms with Gasteiger partial charge in [0, 0.05) is 54.3 Å². The van der Waals surface area contributed by atoms with E-state index in [4.69, 9.17) is 8.84 Å². The molecule has 1 amide bonds. The van der Waals surface area contributed by atoms with Gasteiger partial charge in [0.2, 0.25) is 5.56 Å². The van der Waals surface area contributed by atoms with E-state index in [9.17, 15) is 24.6 Å². The van der Waals surface area contributed by atoms with Gasteiger partial charge < -0.3 is 34.7 Å². The number of phenolic OH excluding ortho intramolecular Hbond substituents is 1. The molecule has 344 valence electrons. The molecule has 0 unspecified atom stereocenters. The van der Waals surface area contributed by atoms with Crippen LogP contribution in [0.4, 0.5) is 10.5 Å². The van der Waals surface area contributed by atoms with Gasteiger partial charge in [-0.15, -0.1) is 0 Å². The number of oxazole rings is 1. The summed E-state index contributed by atoms with van der Waals surface area (Å²) in [7, 11) is -2.26. The lowest BCUT2D eigenvalue weighted by atomic mass is 9.88. The molecule has 0 aliphatic heterocycles. The van der Waals surface area contributed by atoms with Crippen molar-refractivity contribution in [3.63, 3.8) is 0 Å². The van der Waals surface area contributed by atoms with Crippen LogP contribution in [0.1, 0.15) is 96.4 Å². The number of aromatic hydroxyl groups is 1. The topological polar surface area (TPSA) is 162 Å². The second-order valence-corrected chi connectivity index (χ2v) is 24.7. The Kier molecular flexibility index (Phi) is 14.1. The average molecular weight is 900 g/mol. The van der Waals surface area contributed by atoms with Gasteiger partial charge in [-0.2, -0.15) is 0 Å². The highest BCUT2D eigenvalue weighted by Gasteiger charge is 2.40. The van der Waals surface area contributed by atoms with Crippen LogP contribution in [0.3, 0.4) is 0 Å². The second-order valence-electron chi connectivity index (χ2n) is 20.0. The molecule has 5 N–H and O–H groups in total. The van der Waals surface area contributed by atoms with Crippen LogP contribution in [0.5, 0.6) is 5.75 Å². The molecule has 1 atom stereocenters. The molecule has 12 nitrogen and oxygen atoms in total. The summed E-state index contributed by atoms with van der Waals surface area (Å²) in [5.74, 6) is -0.430. The van der Waals surface area contributed by atoms with Crippen LogP contribution >= 0.6 is 0 Å². The molecule has 4 aromatic carbocycles. The average Bonchev–Trinajstić information content (AvgIpc) is 3.56. The molecule has 7 rings (SSSR count). The Labute approximate surface area is 382 Å². The Bertz CT molecular complexity index is 2770. The fourth-order valence-corrected chi connectivity index (χ4v) is 10.0. The third-order valence-electron chi connectivity index (χ3n) is 13.0. The Balaban J connectivity index is 1.04. The van der Waals surface area contributed by atoms with E-state index in [0.717, 1.165) is 58.9 Å². The van der Waals surface area contributed by atoms with Crippen LogP contribution in [0.2, 0.25) is 18.1 Å². The number of hydrogen-bond acceptors (Lipinski definition) is 8. The number of carbonyl (C=O) groups is 1. The number of benzene rings is 4. The lowest BCUT2D eigenvalue weighted by Crippen LogP contribution is -2.49. The fourth-order valence-electron chi connectivity index (χ4n) is 8.75. The van der Waals surface area contributed by atoms with Gasteiger partial charge in [-0.05, 0) is 124 Å². The van der Waals surface area contributed by atoms with E-state index in [1.165, 1.54) is 6.07 Å². The van der Waals surface area contributed by atoms with Crippen molar-refractivity contribution < 1.29 is 23.9 Å². The van der Waals surface area contributed by atoms with Crippen LogP contribution < -0.4 is 26.8 Å². The summed E-state index contributed by atoms with van der Waals surface area (Å²) in [4.78, 5) is 42.7. The summed E-state index contributed by atoms with van der Waals surface area (Å²) in [5.41, 5.74) is 6.47. The summed E-state index contributed by atoms with van der Waals surface area (Å²) in [5, 5.41) is 29.2. The molecule has 0 radical (unpaired) electrons. The Morgan fingerprint density at radius 2 is 1.69 bits per heavy atom. The van der Waals surface area contributed by atoms with Crippen molar-refractivity contribution in [1.82, 2.24) is 20.2 Å². The number of H-pyrrole nitrogens is 1. The molecule has 1 fully saturated rings. The van der Waals surface area contributed by atoms with Gasteiger partial charge in [0.05, 0.1) is 22.8 Å². The third-order valence-corrected chi connectivity index (χ3v) is 17.5. The van der Waals surface area contributed by atoms with E-state index in [1.54, 1.807) is 21.6 Å². The van der Waals surface area contributed by atoms with Crippen molar-refractivity contribution in [3.8, 4) is 16.9 Å². The molecule has 6 aromatic rings. The van der Waals surface area contributed by atoms with Gasteiger partial charge in [0.15, 0.2) is 13.9 Å². The molecule has 0 spiro atoms. The van der Waals surface area contributed by atoms with Crippen molar-refractivity contribution in [1.29, 1.82) is 0 Å². The molecule has 1 aliphatic rings. The number of aromatic nitrogens is 2. The first kappa shape index (κ1) is 47.2. The molecule has 1 saturated carbocycles. The highest BCUT2D eigenvalue weighted by Crippen LogP contribution is 2.41. The van der Waals surface area contributed by atoms with Crippen LogP contribution in [0.15, 0.2) is 111 Å². The quantitative estimate of drug-likeness (QED) is 0.0632. The lowest BCUT2D eigenvalue weighted by molar-refractivity contribution is 0.181. The summed E-state index contributed by atoms with van der Waals surface area (Å²) < 4.78 is 14.4. The van der Waals surface area contributed by atoms with E-state index < -0.39 is 20.2 Å². The molecule has 0 saturated heterocycles. The first-order valence-electron chi connectivity index (χ1n) is 22.8. The number of fused-ring (bicyclic) bond motifs is 2. The number of allylic oxidation sites excluding steroid dienone is 1. The third kappa shape index (κ3) is 11.2. The SMILES string of the molecule is CC(C)(C)NC1CCC(N(C(=O)O)c2cc(C=CCCn3c(=O)oc4cc(CNC[C@H](O[Si](C)(C)C(C)(C)C)c5ccc(O)c6[nH]c(=O)ccc56)ccc43)ccc2-c2ccccc2)CC1. The largest absolute Gasteiger partial charge is 0.506 e. The number of aromatic amines is 1. The molecular weight excluding hydrogens is 835 g/mol. The summed E-state index contributed by atoms with van der Waals surface area (Å²) in [6, 6.07) is 28.6. The van der Waals surface area contributed by atoms with E-state index in [-0.39, 0.29) is 34.0 Å². The molecule has 0 bridgehead atoms. The zero-order chi connectivity index (χ0) is 46.7. The normalized spacial score (nSPS) is 16.7. The summed E-state index contributed by atoms with van der Waals surface area (Å²) in [6.45, 7) is 18.8. The van der Waals surface area contributed by atoms with Crippen LogP contribution in [0.25, 0.3) is 39.2 Å². The molecule has 13 heteroatoms. The van der Waals surface area contributed by atoms with E-state index in [1.807, 2.05) is 84.9 Å². The maximum absolute atomic E-state index is 13.2. The number of rotatable bonds is 15. The molecule has 1 aliphatic carbocycles. The molecule has 65 heavy (non-hydrogen) atoms. The van der Waals surface area contributed by atoms with Crippen molar-refractivity contribution in [2.45, 2.75) is 129 Å². The van der Waals surface area contributed by atoms with Crippen molar-refractivity contribution in [2.24, 2.45) is 0 Å². The van der Waals surface area contributed by atoms with E-state index in [2.05, 4.69) is 70.3 Å². The van der Waals surface area contributed by atoms with Gasteiger partial charge in [-0.3, -0.25) is 14.3 Å². The van der Waals surface area contributed by atoms with Gasteiger partial charge in [0.1, 0.15) is 5.75 Å². The van der Waals surface area contributed by atoms with Gasteiger partial charge >= 0.3 is 11.8 Å². The van der Waals surface area contributed by atoms with Crippen molar-refractivity contribution >= 4 is 48.2 Å². The number of nitrogens with one attached hydrogen (secondary N) is 3. The van der Waals surface area contributed by atoms with E-state index in [0.29, 0.717) is 54.4 Å². The first-order chi connectivity index (χ1) is 30.8. The predicted molar refractivity (Wildman–Crippen MR) is 264 cm³/mol. The molecule has 2 heterocycles. The minimum Gasteiger partial charge on any atom is -0.506 e.